The maximum atomic E-state index is 12.9. The topological polar surface area (TPSA) is 78.9 Å². The number of unbranched alkanes of at least 4 members (excludes halogenated alkanes) is 41. The maximum absolute atomic E-state index is 12.9. The molecule has 0 heterocycles. The number of ether oxygens (including phenoxy) is 3. The minimum atomic E-state index is -0.767. The lowest BCUT2D eigenvalue weighted by Crippen LogP contribution is -2.30. The van der Waals surface area contributed by atoms with Gasteiger partial charge in [0, 0.05) is 19.3 Å². The number of rotatable bonds is 58. The summed E-state index contributed by atoms with van der Waals surface area (Å²) in [4.78, 5) is 38.2. The summed E-state index contributed by atoms with van der Waals surface area (Å²) in [6.07, 6.45) is 73.0. The number of hydrogen-bond donors (Lipinski definition) is 0. The van der Waals surface area contributed by atoms with Gasteiger partial charge < -0.3 is 14.2 Å². The summed E-state index contributed by atoms with van der Waals surface area (Å²) in [5.41, 5.74) is 0. The second kappa shape index (κ2) is 60.2. The van der Waals surface area contributed by atoms with Crippen LogP contribution in [0.3, 0.4) is 0 Å². The number of hydrogen-bond acceptors (Lipinski definition) is 6. The van der Waals surface area contributed by atoms with E-state index in [4.69, 9.17) is 14.2 Å². The minimum Gasteiger partial charge on any atom is -0.462 e. The lowest BCUT2D eigenvalue weighted by Gasteiger charge is -2.18. The lowest BCUT2D eigenvalue weighted by atomic mass is 10.0. The molecule has 0 bridgehead atoms. The zero-order chi connectivity index (χ0) is 51.4. The Morgan fingerprint density at radius 3 is 0.789 bits per heavy atom. The number of carbonyl (C=O) groups excluding carboxylic acids is 3. The first-order chi connectivity index (χ1) is 35.0. The quantitative estimate of drug-likeness (QED) is 0.0261. The van der Waals surface area contributed by atoms with Crippen LogP contribution in [0.15, 0.2) is 36.5 Å². The molecule has 71 heavy (non-hydrogen) atoms. The van der Waals surface area contributed by atoms with E-state index in [1.807, 2.05) is 0 Å². The van der Waals surface area contributed by atoms with Crippen LogP contribution in [0, 0.1) is 0 Å². The molecule has 0 aromatic rings. The minimum absolute atomic E-state index is 0.0670. The van der Waals surface area contributed by atoms with Gasteiger partial charge >= 0.3 is 17.9 Å². The number of carbonyl (C=O) groups is 3. The molecular formula is C65H120O6. The first-order valence-electron chi connectivity index (χ1n) is 31.5. The summed E-state index contributed by atoms with van der Waals surface area (Å²) in [5.74, 6) is -0.848. The van der Waals surface area contributed by atoms with Crippen molar-refractivity contribution < 1.29 is 28.6 Å². The second-order valence-corrected chi connectivity index (χ2v) is 21.3. The molecule has 0 aliphatic heterocycles. The van der Waals surface area contributed by atoms with Crippen LogP contribution in [0.4, 0.5) is 0 Å². The highest BCUT2D eigenvalue weighted by Gasteiger charge is 2.19. The van der Waals surface area contributed by atoms with Crippen LogP contribution in [0.1, 0.15) is 342 Å². The van der Waals surface area contributed by atoms with Gasteiger partial charge in [-0.05, 0) is 57.8 Å². The van der Waals surface area contributed by atoms with Gasteiger partial charge in [-0.3, -0.25) is 14.4 Å². The molecule has 0 rings (SSSR count). The van der Waals surface area contributed by atoms with Crippen LogP contribution >= 0.6 is 0 Å². The number of allylic oxidation sites excluding steroid dienone is 6. The summed E-state index contributed by atoms with van der Waals surface area (Å²) < 4.78 is 16.9. The number of esters is 3. The molecule has 0 aliphatic carbocycles. The van der Waals surface area contributed by atoms with Crippen LogP contribution in [-0.4, -0.2) is 37.2 Å². The third-order valence-electron chi connectivity index (χ3n) is 14.1. The molecule has 0 amide bonds. The molecule has 416 valence electrons. The van der Waals surface area contributed by atoms with Gasteiger partial charge in [-0.25, -0.2) is 0 Å². The molecule has 0 saturated carbocycles. The fourth-order valence-electron chi connectivity index (χ4n) is 9.39. The van der Waals surface area contributed by atoms with Crippen LogP contribution < -0.4 is 0 Å². The Bertz CT molecular complexity index is 1190. The zero-order valence-corrected chi connectivity index (χ0v) is 47.8. The van der Waals surface area contributed by atoms with Crippen LogP contribution in [0.2, 0.25) is 0 Å². The van der Waals surface area contributed by atoms with Crippen LogP contribution in [0.5, 0.6) is 0 Å². The van der Waals surface area contributed by atoms with E-state index in [0.29, 0.717) is 19.3 Å². The summed E-state index contributed by atoms with van der Waals surface area (Å²) in [7, 11) is 0. The molecule has 1 unspecified atom stereocenters. The van der Waals surface area contributed by atoms with Gasteiger partial charge in [0.25, 0.3) is 0 Å². The molecule has 0 radical (unpaired) electrons. The van der Waals surface area contributed by atoms with Crippen molar-refractivity contribution in [2.24, 2.45) is 0 Å². The van der Waals surface area contributed by atoms with E-state index < -0.39 is 6.10 Å². The van der Waals surface area contributed by atoms with E-state index in [-0.39, 0.29) is 31.1 Å². The molecular weight excluding hydrogens is 877 g/mol. The van der Waals surface area contributed by atoms with E-state index in [1.165, 1.54) is 231 Å². The Labute approximate surface area is 442 Å². The fourth-order valence-corrected chi connectivity index (χ4v) is 9.39. The molecule has 6 heteroatoms. The molecule has 0 aromatic carbocycles. The fraction of sp³-hybridized carbons (Fsp3) is 0.862. The van der Waals surface area contributed by atoms with E-state index >= 15 is 0 Å². The van der Waals surface area contributed by atoms with Gasteiger partial charge in [-0.15, -0.1) is 0 Å². The van der Waals surface area contributed by atoms with E-state index in [2.05, 4.69) is 57.2 Å². The Hall–Kier alpha value is -2.37. The van der Waals surface area contributed by atoms with E-state index in [0.717, 1.165) is 70.6 Å². The van der Waals surface area contributed by atoms with Gasteiger partial charge in [0.15, 0.2) is 6.10 Å². The van der Waals surface area contributed by atoms with Crippen molar-refractivity contribution in [3.8, 4) is 0 Å². The average Bonchev–Trinajstić information content (AvgIpc) is 3.37. The first-order valence-corrected chi connectivity index (χ1v) is 31.5. The summed E-state index contributed by atoms with van der Waals surface area (Å²) in [5, 5.41) is 0. The molecule has 0 saturated heterocycles. The third-order valence-corrected chi connectivity index (χ3v) is 14.1. The molecule has 6 nitrogen and oxygen atoms in total. The third kappa shape index (κ3) is 58.4. The summed E-state index contributed by atoms with van der Waals surface area (Å²) >= 11 is 0. The standard InChI is InChI=1S/C65H120O6/c1-4-7-10-13-16-19-22-24-26-28-29-30-31-32-33-34-35-36-37-38-40-41-43-46-49-52-55-58-64(67)70-61-62(60-69-63(66)57-54-51-48-45-21-18-15-12-9-6-3)71-65(68)59-56-53-50-47-44-42-39-27-25-23-20-17-14-11-8-5-2/h22,24,28-29,31-32,62H,4-21,23,25-27,30,33-61H2,1-3H3/b24-22-,29-28-,32-31-. The highest BCUT2D eigenvalue weighted by atomic mass is 16.6. The van der Waals surface area contributed by atoms with Crippen molar-refractivity contribution in [2.75, 3.05) is 13.2 Å². The smallest absolute Gasteiger partial charge is 0.306 e. The SMILES string of the molecule is CCCCCCC/C=C\C/C=C\C/C=C\CCCCCCCCCCCCCCC(=O)OCC(COC(=O)CCCCCCCCCCCC)OC(=O)CCCCCCCCCCCCCCCCCC. The Morgan fingerprint density at radius 2 is 0.507 bits per heavy atom. The predicted octanol–water partition coefficient (Wildman–Crippen LogP) is 21.2. The zero-order valence-electron chi connectivity index (χ0n) is 47.8. The van der Waals surface area contributed by atoms with Gasteiger partial charge in [-0.1, -0.05) is 301 Å². The van der Waals surface area contributed by atoms with Crippen molar-refractivity contribution in [3.05, 3.63) is 36.5 Å². The van der Waals surface area contributed by atoms with Crippen molar-refractivity contribution in [3.63, 3.8) is 0 Å². The maximum Gasteiger partial charge on any atom is 0.306 e. The normalized spacial score (nSPS) is 12.2. The lowest BCUT2D eigenvalue weighted by molar-refractivity contribution is -0.167. The monoisotopic (exact) mass is 997 g/mol. The Morgan fingerprint density at radius 1 is 0.282 bits per heavy atom. The van der Waals surface area contributed by atoms with Gasteiger partial charge in [-0.2, -0.15) is 0 Å². The van der Waals surface area contributed by atoms with Crippen LogP contribution in [0.25, 0.3) is 0 Å². The van der Waals surface area contributed by atoms with Gasteiger partial charge in [0.1, 0.15) is 13.2 Å². The van der Waals surface area contributed by atoms with E-state index in [1.54, 1.807) is 0 Å². The summed E-state index contributed by atoms with van der Waals surface area (Å²) in [6.45, 7) is 6.67. The Balaban J connectivity index is 4.17. The van der Waals surface area contributed by atoms with E-state index in [9.17, 15) is 14.4 Å². The van der Waals surface area contributed by atoms with Crippen molar-refractivity contribution in [1.82, 2.24) is 0 Å². The summed E-state index contributed by atoms with van der Waals surface area (Å²) in [6, 6.07) is 0. The molecule has 0 aliphatic rings. The molecule has 1 atom stereocenters. The second-order valence-electron chi connectivity index (χ2n) is 21.3. The van der Waals surface area contributed by atoms with Crippen LogP contribution in [-0.2, 0) is 28.6 Å². The Kier molecular flexibility index (Phi) is 58.2. The van der Waals surface area contributed by atoms with Crippen molar-refractivity contribution in [2.45, 2.75) is 348 Å². The highest BCUT2D eigenvalue weighted by Crippen LogP contribution is 2.17. The molecule has 0 spiro atoms. The van der Waals surface area contributed by atoms with Crippen molar-refractivity contribution >= 4 is 17.9 Å². The van der Waals surface area contributed by atoms with Gasteiger partial charge in [0.2, 0.25) is 0 Å². The first kappa shape index (κ1) is 68.6. The molecule has 0 fully saturated rings. The average molecular weight is 998 g/mol. The van der Waals surface area contributed by atoms with Crippen molar-refractivity contribution in [1.29, 1.82) is 0 Å². The van der Waals surface area contributed by atoms with Gasteiger partial charge in [0.05, 0.1) is 0 Å². The molecule has 0 N–H and O–H groups in total. The largest absolute Gasteiger partial charge is 0.462 e. The predicted molar refractivity (Wildman–Crippen MR) is 307 cm³/mol. The molecule has 0 aromatic heterocycles. The highest BCUT2D eigenvalue weighted by molar-refractivity contribution is 5.71.